The number of carbonyl (C=O) groups is 2. The molecule has 2 aliphatic heterocycles. The van der Waals surface area contributed by atoms with Gasteiger partial charge in [0.2, 0.25) is 5.91 Å². The molecule has 1 aromatic rings. The minimum absolute atomic E-state index is 0.0427. The molecule has 2 heterocycles. The monoisotopic (exact) mass is 317 g/mol. The van der Waals surface area contributed by atoms with Crippen LogP contribution in [0.2, 0.25) is 0 Å². The fraction of sp³-hybridized carbons (Fsp3) is 0.500. The number of benzene rings is 1. The van der Waals surface area contributed by atoms with Crippen LogP contribution in [0.5, 0.6) is 0 Å². The van der Waals surface area contributed by atoms with Crippen LogP contribution in [0.4, 0.5) is 10.5 Å². The third-order valence-electron chi connectivity index (χ3n) is 4.29. The number of carbonyl (C=O) groups excluding carboxylic acids is 2. The van der Waals surface area contributed by atoms with Crippen molar-refractivity contribution < 1.29 is 9.59 Å². The molecule has 7 heteroatoms. The van der Waals surface area contributed by atoms with Gasteiger partial charge in [0.1, 0.15) is 0 Å². The summed E-state index contributed by atoms with van der Waals surface area (Å²) in [6.07, 6.45) is 0.338. The van der Waals surface area contributed by atoms with Crippen molar-refractivity contribution in [1.82, 2.24) is 20.7 Å². The molecule has 2 saturated heterocycles. The molecule has 2 fully saturated rings. The Labute approximate surface area is 136 Å². The molecule has 7 nitrogen and oxygen atoms in total. The summed E-state index contributed by atoms with van der Waals surface area (Å²) >= 11 is 0. The summed E-state index contributed by atoms with van der Waals surface area (Å²) < 4.78 is 0. The first-order valence-electron chi connectivity index (χ1n) is 7.98. The normalized spacial score (nSPS) is 23.1. The van der Waals surface area contributed by atoms with E-state index in [0.29, 0.717) is 13.0 Å². The topological polar surface area (TPSA) is 67.9 Å². The highest BCUT2D eigenvalue weighted by Crippen LogP contribution is 2.20. The van der Waals surface area contributed by atoms with Crippen molar-refractivity contribution in [3.63, 3.8) is 0 Å². The van der Waals surface area contributed by atoms with Gasteiger partial charge in [-0.15, -0.1) is 0 Å². The largest absolute Gasteiger partial charge is 0.332 e. The number of nitrogens with zero attached hydrogens (tertiary/aromatic N) is 3. The van der Waals surface area contributed by atoms with E-state index in [1.165, 1.54) is 0 Å². The van der Waals surface area contributed by atoms with Gasteiger partial charge < -0.3 is 15.1 Å². The van der Waals surface area contributed by atoms with Crippen LogP contribution in [-0.4, -0.2) is 67.7 Å². The zero-order valence-corrected chi connectivity index (χ0v) is 13.4. The maximum Gasteiger partial charge on any atom is 0.329 e. The number of hydrazine groups is 1. The van der Waals surface area contributed by atoms with E-state index in [2.05, 4.69) is 22.7 Å². The minimum atomic E-state index is -0.234. The molecule has 0 saturated carbocycles. The summed E-state index contributed by atoms with van der Waals surface area (Å²) in [6.45, 7) is 4.00. The third kappa shape index (κ3) is 4.00. The smallest absolute Gasteiger partial charge is 0.329 e. The molecular formula is C16H23N5O2. The van der Waals surface area contributed by atoms with Crippen molar-refractivity contribution >= 4 is 17.6 Å². The molecule has 0 aliphatic carbocycles. The molecule has 1 atom stereocenters. The number of piperazine rings is 1. The van der Waals surface area contributed by atoms with Gasteiger partial charge in [0.15, 0.2) is 0 Å². The van der Waals surface area contributed by atoms with Crippen LogP contribution in [0.3, 0.4) is 0 Å². The van der Waals surface area contributed by atoms with Gasteiger partial charge in [0.05, 0.1) is 6.04 Å². The lowest BCUT2D eigenvalue weighted by Crippen LogP contribution is -2.56. The third-order valence-corrected chi connectivity index (χ3v) is 4.29. The fourth-order valence-corrected chi connectivity index (χ4v) is 2.94. The van der Waals surface area contributed by atoms with Crippen LogP contribution in [0.15, 0.2) is 30.3 Å². The van der Waals surface area contributed by atoms with Crippen LogP contribution < -0.4 is 15.6 Å². The Hall–Kier alpha value is -2.12. The first-order valence-corrected chi connectivity index (χ1v) is 7.98. The Morgan fingerprint density at radius 2 is 1.83 bits per heavy atom. The summed E-state index contributed by atoms with van der Waals surface area (Å²) in [5.74, 6) is 0.0427. The molecule has 0 spiro atoms. The quantitative estimate of drug-likeness (QED) is 0.839. The van der Waals surface area contributed by atoms with E-state index in [1.54, 1.807) is 4.90 Å². The number of rotatable bonds is 3. The first kappa shape index (κ1) is 15.8. The number of nitrogens with one attached hydrogen (secondary N) is 2. The molecule has 0 unspecified atom stereocenters. The number of hydrogen-bond acceptors (Lipinski definition) is 4. The van der Waals surface area contributed by atoms with Crippen molar-refractivity contribution in [2.75, 3.05) is 44.7 Å². The standard InChI is InChI=1S/C16H23N5O2/c1-19-7-9-20(10-8-19)18-16(23)17-13-11-15(22)21(12-13)14-5-3-2-4-6-14/h2-6,13H,7-12H2,1H3,(H2,17,18,23)/t13-/m0/s1. The molecule has 0 radical (unpaired) electrons. The Morgan fingerprint density at radius 1 is 1.13 bits per heavy atom. The van der Waals surface area contributed by atoms with E-state index >= 15 is 0 Å². The van der Waals surface area contributed by atoms with Crippen molar-refractivity contribution in [2.24, 2.45) is 0 Å². The van der Waals surface area contributed by atoms with Gasteiger partial charge in [-0.2, -0.15) is 0 Å². The van der Waals surface area contributed by atoms with E-state index in [1.807, 2.05) is 35.3 Å². The lowest BCUT2D eigenvalue weighted by atomic mass is 10.2. The number of likely N-dealkylation sites (N-methyl/N-ethyl adjacent to an activating group) is 1. The molecule has 1 aromatic carbocycles. The Bertz CT molecular complexity index is 557. The Morgan fingerprint density at radius 3 is 2.52 bits per heavy atom. The minimum Gasteiger partial charge on any atom is -0.332 e. The maximum atomic E-state index is 12.1. The molecule has 3 amide bonds. The van der Waals surface area contributed by atoms with Gasteiger partial charge >= 0.3 is 6.03 Å². The Balaban J connectivity index is 1.49. The zero-order chi connectivity index (χ0) is 16.2. The summed E-state index contributed by atoms with van der Waals surface area (Å²) in [5.41, 5.74) is 3.74. The highest BCUT2D eigenvalue weighted by Gasteiger charge is 2.31. The summed E-state index contributed by atoms with van der Waals surface area (Å²) in [4.78, 5) is 28.2. The van der Waals surface area contributed by atoms with Crippen LogP contribution in [0.1, 0.15) is 6.42 Å². The van der Waals surface area contributed by atoms with E-state index in [-0.39, 0.29) is 18.0 Å². The average molecular weight is 317 g/mol. The van der Waals surface area contributed by atoms with Gasteiger partial charge in [-0.1, -0.05) is 18.2 Å². The predicted octanol–water partition coefficient (Wildman–Crippen LogP) is 0.254. The van der Waals surface area contributed by atoms with Gasteiger partial charge in [0.25, 0.3) is 0 Å². The second-order valence-electron chi connectivity index (χ2n) is 6.12. The second kappa shape index (κ2) is 6.97. The number of hydrogen-bond donors (Lipinski definition) is 2. The lowest BCUT2D eigenvalue weighted by molar-refractivity contribution is -0.117. The number of amides is 3. The van der Waals surface area contributed by atoms with Crippen LogP contribution >= 0.6 is 0 Å². The first-order chi connectivity index (χ1) is 11.1. The molecule has 23 heavy (non-hydrogen) atoms. The van der Waals surface area contributed by atoms with Gasteiger partial charge in [-0.3, -0.25) is 10.2 Å². The maximum absolute atomic E-state index is 12.1. The van der Waals surface area contributed by atoms with E-state index in [4.69, 9.17) is 0 Å². The Kier molecular flexibility index (Phi) is 4.78. The average Bonchev–Trinajstić information content (AvgIpc) is 2.91. The SMILES string of the molecule is CN1CCN(NC(=O)N[C@H]2CC(=O)N(c3ccccc3)C2)CC1. The van der Waals surface area contributed by atoms with E-state index < -0.39 is 0 Å². The van der Waals surface area contributed by atoms with Gasteiger partial charge in [-0.25, -0.2) is 9.80 Å². The predicted molar refractivity (Wildman–Crippen MR) is 87.9 cm³/mol. The second-order valence-corrected chi connectivity index (χ2v) is 6.12. The van der Waals surface area contributed by atoms with Gasteiger partial charge in [-0.05, 0) is 19.2 Å². The summed E-state index contributed by atoms with van der Waals surface area (Å²) in [5, 5.41) is 4.82. The molecule has 0 bridgehead atoms. The number of anilines is 1. The molecule has 124 valence electrons. The molecular weight excluding hydrogens is 294 g/mol. The zero-order valence-electron chi connectivity index (χ0n) is 13.4. The summed E-state index contributed by atoms with van der Waals surface area (Å²) in [6, 6.07) is 9.16. The van der Waals surface area contributed by atoms with Crippen LogP contribution in [0, 0.1) is 0 Å². The molecule has 3 rings (SSSR count). The van der Waals surface area contributed by atoms with E-state index in [0.717, 1.165) is 31.9 Å². The molecule has 2 N–H and O–H groups in total. The van der Waals surface area contributed by atoms with Crippen LogP contribution in [0.25, 0.3) is 0 Å². The highest BCUT2D eigenvalue weighted by molar-refractivity contribution is 5.96. The number of urea groups is 1. The van der Waals surface area contributed by atoms with Crippen molar-refractivity contribution in [2.45, 2.75) is 12.5 Å². The fourth-order valence-electron chi connectivity index (χ4n) is 2.94. The number of para-hydroxylation sites is 1. The highest BCUT2D eigenvalue weighted by atomic mass is 16.2. The lowest BCUT2D eigenvalue weighted by Gasteiger charge is -2.32. The van der Waals surface area contributed by atoms with Crippen molar-refractivity contribution in [1.29, 1.82) is 0 Å². The molecule has 0 aromatic heterocycles. The van der Waals surface area contributed by atoms with Gasteiger partial charge in [0, 0.05) is 44.8 Å². The summed E-state index contributed by atoms with van der Waals surface area (Å²) in [7, 11) is 2.07. The van der Waals surface area contributed by atoms with Crippen molar-refractivity contribution in [3.05, 3.63) is 30.3 Å². The molecule has 2 aliphatic rings. The van der Waals surface area contributed by atoms with Crippen LogP contribution in [-0.2, 0) is 4.79 Å². The van der Waals surface area contributed by atoms with E-state index in [9.17, 15) is 9.59 Å². The van der Waals surface area contributed by atoms with Crippen molar-refractivity contribution in [3.8, 4) is 0 Å².